The van der Waals surface area contributed by atoms with Crippen molar-refractivity contribution in [1.82, 2.24) is 4.72 Å². The van der Waals surface area contributed by atoms with E-state index in [0.717, 1.165) is 12.0 Å². The summed E-state index contributed by atoms with van der Waals surface area (Å²) in [6.45, 7) is 3.48. The Morgan fingerprint density at radius 2 is 1.89 bits per heavy atom. The largest absolute Gasteiger partial charge is 0.386 e. The van der Waals surface area contributed by atoms with Gasteiger partial charge in [-0.25, -0.2) is 13.1 Å². The minimum atomic E-state index is -3.60. The Balaban J connectivity index is 2.75. The van der Waals surface area contributed by atoms with Crippen molar-refractivity contribution in [2.24, 2.45) is 0 Å². The first-order chi connectivity index (χ1) is 8.80. The molecule has 19 heavy (non-hydrogen) atoms. The molecule has 0 aliphatic rings. The summed E-state index contributed by atoms with van der Waals surface area (Å²) >= 11 is 0. The highest BCUT2D eigenvalue weighted by molar-refractivity contribution is 7.89. The monoisotopic (exact) mass is 287 g/mol. The Labute approximate surface area is 114 Å². The van der Waals surface area contributed by atoms with Crippen LogP contribution in [0.15, 0.2) is 29.2 Å². The first kappa shape index (κ1) is 16.1. The molecule has 0 bridgehead atoms. The first-order valence-corrected chi connectivity index (χ1v) is 7.59. The molecule has 5 nitrogen and oxygen atoms in total. The molecule has 0 amide bonds. The summed E-state index contributed by atoms with van der Waals surface area (Å²) in [7, 11) is -2.15. The minimum Gasteiger partial charge on any atom is -0.386 e. The number of hydrogen-bond donors (Lipinski definition) is 2. The summed E-state index contributed by atoms with van der Waals surface area (Å²) in [6.07, 6.45) is 0.857. The van der Waals surface area contributed by atoms with Gasteiger partial charge in [0.2, 0.25) is 10.0 Å². The van der Waals surface area contributed by atoms with E-state index in [-0.39, 0.29) is 18.0 Å². The van der Waals surface area contributed by atoms with Crippen molar-refractivity contribution in [3.05, 3.63) is 29.8 Å². The van der Waals surface area contributed by atoms with Gasteiger partial charge in [-0.05, 0) is 31.0 Å². The Kier molecular flexibility index (Phi) is 5.49. The molecule has 0 fully saturated rings. The molecular weight excluding hydrogens is 266 g/mol. The number of rotatable bonds is 7. The number of ether oxygens (including phenoxy) is 1. The van der Waals surface area contributed by atoms with Gasteiger partial charge in [0, 0.05) is 13.7 Å². The highest BCUT2D eigenvalue weighted by Gasteiger charge is 2.24. The molecule has 0 aromatic heterocycles. The molecule has 1 rings (SSSR count). The quantitative estimate of drug-likeness (QED) is 0.782. The molecule has 2 N–H and O–H groups in total. The van der Waals surface area contributed by atoms with Gasteiger partial charge in [-0.15, -0.1) is 0 Å². The summed E-state index contributed by atoms with van der Waals surface area (Å²) < 4.78 is 31.2. The van der Waals surface area contributed by atoms with Gasteiger partial charge in [0.05, 0.1) is 17.1 Å². The number of aliphatic hydroxyl groups is 1. The predicted octanol–water partition coefficient (Wildman–Crippen LogP) is 0.925. The van der Waals surface area contributed by atoms with Gasteiger partial charge in [0.15, 0.2) is 0 Å². The van der Waals surface area contributed by atoms with E-state index in [9.17, 15) is 13.5 Å². The second-order valence-electron chi connectivity index (χ2n) is 4.75. The average Bonchev–Trinajstić information content (AvgIpc) is 2.37. The van der Waals surface area contributed by atoms with Crippen molar-refractivity contribution in [3.8, 4) is 0 Å². The summed E-state index contributed by atoms with van der Waals surface area (Å²) in [5, 5.41) is 9.85. The molecule has 0 aliphatic carbocycles. The van der Waals surface area contributed by atoms with Crippen molar-refractivity contribution >= 4 is 10.0 Å². The zero-order chi connectivity index (χ0) is 14.5. The van der Waals surface area contributed by atoms with E-state index in [0.29, 0.717) is 0 Å². The van der Waals surface area contributed by atoms with Gasteiger partial charge in [0.25, 0.3) is 0 Å². The molecule has 1 aromatic rings. The van der Waals surface area contributed by atoms with Gasteiger partial charge in [-0.2, -0.15) is 0 Å². The summed E-state index contributed by atoms with van der Waals surface area (Å²) in [6, 6.07) is 6.68. The molecule has 0 aliphatic heterocycles. The van der Waals surface area contributed by atoms with E-state index in [2.05, 4.69) is 4.72 Å². The van der Waals surface area contributed by atoms with Crippen molar-refractivity contribution in [1.29, 1.82) is 0 Å². The summed E-state index contributed by atoms with van der Waals surface area (Å²) in [4.78, 5) is 0.193. The fourth-order valence-corrected chi connectivity index (χ4v) is 2.76. The third-order valence-electron chi connectivity index (χ3n) is 2.74. The van der Waals surface area contributed by atoms with Crippen molar-refractivity contribution in [2.45, 2.75) is 30.8 Å². The highest BCUT2D eigenvalue weighted by Crippen LogP contribution is 2.12. The zero-order valence-electron chi connectivity index (χ0n) is 11.5. The Hall–Kier alpha value is -0.950. The lowest BCUT2D eigenvalue weighted by Gasteiger charge is -2.22. The van der Waals surface area contributed by atoms with Crippen LogP contribution in [-0.2, 0) is 21.2 Å². The lowest BCUT2D eigenvalue weighted by molar-refractivity contribution is -0.0119. The maximum absolute atomic E-state index is 12.0. The zero-order valence-corrected chi connectivity index (χ0v) is 12.3. The van der Waals surface area contributed by atoms with Crippen LogP contribution in [-0.4, -0.2) is 39.4 Å². The van der Waals surface area contributed by atoms with E-state index in [4.69, 9.17) is 4.74 Å². The number of methoxy groups -OCH3 is 1. The van der Waals surface area contributed by atoms with Crippen LogP contribution in [0, 0.1) is 0 Å². The fraction of sp³-hybridized carbons (Fsp3) is 0.538. The van der Waals surface area contributed by atoms with Crippen molar-refractivity contribution in [2.75, 3.05) is 20.3 Å². The molecule has 0 radical (unpaired) electrons. The van der Waals surface area contributed by atoms with Gasteiger partial charge < -0.3 is 9.84 Å². The van der Waals surface area contributed by atoms with Crippen molar-refractivity contribution < 1.29 is 18.3 Å². The summed E-state index contributed by atoms with van der Waals surface area (Å²) in [5.41, 5.74) is -0.157. The van der Waals surface area contributed by atoms with Crippen LogP contribution in [0.25, 0.3) is 0 Å². The second-order valence-corrected chi connectivity index (χ2v) is 6.52. The van der Waals surface area contributed by atoms with Crippen LogP contribution < -0.4 is 4.72 Å². The molecular formula is C13H21NO4S. The topological polar surface area (TPSA) is 75.6 Å². The highest BCUT2D eigenvalue weighted by atomic mass is 32.2. The van der Waals surface area contributed by atoms with Crippen LogP contribution in [0.4, 0.5) is 0 Å². The third kappa shape index (κ3) is 4.91. The number of sulfonamides is 1. The SMILES string of the molecule is CCc1ccc(S(=O)(=O)NC[C@@](C)(O)COC)cc1. The van der Waals surface area contributed by atoms with Crippen LogP contribution in [0.2, 0.25) is 0 Å². The first-order valence-electron chi connectivity index (χ1n) is 6.10. The summed E-state index contributed by atoms with van der Waals surface area (Å²) in [5.74, 6) is 0. The molecule has 0 heterocycles. The number of aryl methyl sites for hydroxylation is 1. The van der Waals surface area contributed by atoms with Crippen LogP contribution in [0.5, 0.6) is 0 Å². The lowest BCUT2D eigenvalue weighted by atomic mass is 10.1. The van der Waals surface area contributed by atoms with E-state index >= 15 is 0 Å². The Morgan fingerprint density at radius 3 is 2.37 bits per heavy atom. The second kappa shape index (κ2) is 6.47. The van der Waals surface area contributed by atoms with Gasteiger partial charge >= 0.3 is 0 Å². The Morgan fingerprint density at radius 1 is 1.32 bits per heavy atom. The maximum Gasteiger partial charge on any atom is 0.240 e. The van der Waals surface area contributed by atoms with Crippen LogP contribution >= 0.6 is 0 Å². The normalized spacial score (nSPS) is 15.2. The molecule has 1 atom stereocenters. The van der Waals surface area contributed by atoms with Gasteiger partial charge in [-0.3, -0.25) is 0 Å². The van der Waals surface area contributed by atoms with E-state index in [1.54, 1.807) is 24.3 Å². The number of benzene rings is 1. The van der Waals surface area contributed by atoms with E-state index < -0.39 is 15.6 Å². The van der Waals surface area contributed by atoms with E-state index in [1.807, 2.05) is 6.92 Å². The number of hydrogen-bond acceptors (Lipinski definition) is 4. The smallest absolute Gasteiger partial charge is 0.240 e. The van der Waals surface area contributed by atoms with Crippen LogP contribution in [0.1, 0.15) is 19.4 Å². The Bertz CT molecular complexity index is 494. The van der Waals surface area contributed by atoms with Crippen molar-refractivity contribution in [3.63, 3.8) is 0 Å². The van der Waals surface area contributed by atoms with Gasteiger partial charge in [-0.1, -0.05) is 19.1 Å². The molecule has 108 valence electrons. The lowest BCUT2D eigenvalue weighted by Crippen LogP contribution is -2.43. The fourth-order valence-electron chi connectivity index (χ4n) is 1.60. The van der Waals surface area contributed by atoms with Crippen LogP contribution in [0.3, 0.4) is 0 Å². The third-order valence-corrected chi connectivity index (χ3v) is 4.16. The minimum absolute atomic E-state index is 0.0598. The molecule has 0 saturated heterocycles. The van der Waals surface area contributed by atoms with E-state index in [1.165, 1.54) is 14.0 Å². The number of nitrogens with one attached hydrogen (secondary N) is 1. The predicted molar refractivity (Wildman–Crippen MR) is 73.5 cm³/mol. The average molecular weight is 287 g/mol. The molecule has 0 unspecified atom stereocenters. The molecule has 6 heteroatoms. The molecule has 1 aromatic carbocycles. The molecule has 0 spiro atoms. The van der Waals surface area contributed by atoms with Gasteiger partial charge in [0.1, 0.15) is 0 Å². The molecule has 0 saturated carbocycles. The standard InChI is InChI=1S/C13H21NO4S/c1-4-11-5-7-12(8-6-11)19(16,17)14-9-13(2,15)10-18-3/h5-8,14-15H,4,9-10H2,1-3H3/t13-/m1/s1. The maximum atomic E-state index is 12.0.